The van der Waals surface area contributed by atoms with Crippen LogP contribution in [0.1, 0.15) is 21.5 Å². The van der Waals surface area contributed by atoms with Gasteiger partial charge in [0.25, 0.3) is 5.91 Å². The van der Waals surface area contributed by atoms with Gasteiger partial charge in [-0.2, -0.15) is 0 Å². The van der Waals surface area contributed by atoms with Crippen molar-refractivity contribution in [3.63, 3.8) is 0 Å². The summed E-state index contributed by atoms with van der Waals surface area (Å²) in [5.41, 5.74) is 7.76. The summed E-state index contributed by atoms with van der Waals surface area (Å²) in [6.07, 6.45) is 0. The van der Waals surface area contributed by atoms with Crippen LogP contribution in [-0.4, -0.2) is 11.9 Å². The maximum Gasteiger partial charge on any atom is 0.337 e. The molecule has 2 rings (SSSR count). The lowest BCUT2D eigenvalue weighted by Gasteiger charge is -2.10. The van der Waals surface area contributed by atoms with Crippen molar-refractivity contribution in [2.24, 2.45) is 0 Å². The minimum absolute atomic E-state index is 0.385. The second-order valence-electron chi connectivity index (χ2n) is 4.84. The normalized spacial score (nSPS) is 9.95. The molecule has 114 valence electrons. The number of hydrogen-bond donors (Lipinski definition) is 3. The van der Waals surface area contributed by atoms with E-state index in [0.717, 1.165) is 11.1 Å². The Bertz CT molecular complexity index is 716. The van der Waals surface area contributed by atoms with Gasteiger partial charge in [-0.15, -0.1) is 0 Å². The average molecular weight is 318 g/mol. The van der Waals surface area contributed by atoms with Gasteiger partial charge >= 0.3 is 6.03 Å². The Morgan fingerprint density at radius 2 is 1.73 bits per heavy atom. The lowest BCUT2D eigenvalue weighted by molar-refractivity contribution is 0.0938. The van der Waals surface area contributed by atoms with Crippen molar-refractivity contribution in [3.05, 3.63) is 64.2 Å². The summed E-state index contributed by atoms with van der Waals surface area (Å²) < 4.78 is 0. The number of amides is 3. The van der Waals surface area contributed by atoms with Crippen LogP contribution in [0, 0.1) is 13.8 Å². The summed E-state index contributed by atoms with van der Waals surface area (Å²) in [6.45, 7) is 3.89. The molecule has 2 aromatic carbocycles. The summed E-state index contributed by atoms with van der Waals surface area (Å²) in [6, 6.07) is 11.5. The van der Waals surface area contributed by atoms with E-state index in [0.29, 0.717) is 16.3 Å². The number of carbonyl (C=O) groups is 2. The summed E-state index contributed by atoms with van der Waals surface area (Å²) in [5, 5.41) is 3.07. The second kappa shape index (κ2) is 6.95. The lowest BCUT2D eigenvalue weighted by atomic mass is 10.1. The highest BCUT2D eigenvalue weighted by atomic mass is 35.5. The molecule has 6 heteroatoms. The van der Waals surface area contributed by atoms with Crippen molar-refractivity contribution in [1.29, 1.82) is 0 Å². The Labute approximate surface area is 133 Å². The third-order valence-corrected chi connectivity index (χ3v) is 3.38. The largest absolute Gasteiger partial charge is 0.337 e. The van der Waals surface area contributed by atoms with Gasteiger partial charge < -0.3 is 5.32 Å². The summed E-state index contributed by atoms with van der Waals surface area (Å²) in [7, 11) is 0. The second-order valence-corrected chi connectivity index (χ2v) is 5.28. The van der Waals surface area contributed by atoms with E-state index in [9.17, 15) is 9.59 Å². The fourth-order valence-corrected chi connectivity index (χ4v) is 1.99. The molecular formula is C16H16ClN3O2. The van der Waals surface area contributed by atoms with Gasteiger partial charge in [-0.25, -0.2) is 10.2 Å². The highest BCUT2D eigenvalue weighted by Gasteiger charge is 2.08. The molecule has 0 saturated carbocycles. The molecule has 0 unspecified atom stereocenters. The highest BCUT2D eigenvalue weighted by molar-refractivity contribution is 6.30. The van der Waals surface area contributed by atoms with Crippen LogP contribution in [0.4, 0.5) is 10.5 Å². The van der Waals surface area contributed by atoms with E-state index in [1.165, 1.54) is 0 Å². The first-order valence-electron chi connectivity index (χ1n) is 6.66. The molecule has 3 amide bonds. The van der Waals surface area contributed by atoms with Gasteiger partial charge in [-0.1, -0.05) is 23.7 Å². The van der Waals surface area contributed by atoms with E-state index in [2.05, 4.69) is 16.2 Å². The van der Waals surface area contributed by atoms with Gasteiger partial charge in [-0.05, 0) is 55.3 Å². The quantitative estimate of drug-likeness (QED) is 0.743. The van der Waals surface area contributed by atoms with Gasteiger partial charge in [-0.3, -0.25) is 10.2 Å². The number of hydrazine groups is 1. The number of aryl methyl sites for hydroxylation is 2. The molecule has 3 N–H and O–H groups in total. The molecule has 0 fully saturated rings. The number of benzene rings is 2. The molecule has 0 heterocycles. The Morgan fingerprint density at radius 1 is 0.955 bits per heavy atom. The van der Waals surface area contributed by atoms with E-state index in [1.807, 2.05) is 19.9 Å². The molecular weight excluding hydrogens is 302 g/mol. The molecule has 0 aliphatic carbocycles. The smallest absolute Gasteiger partial charge is 0.307 e. The Morgan fingerprint density at radius 3 is 2.41 bits per heavy atom. The monoisotopic (exact) mass is 317 g/mol. The van der Waals surface area contributed by atoms with Crippen molar-refractivity contribution in [2.45, 2.75) is 13.8 Å². The van der Waals surface area contributed by atoms with Gasteiger partial charge in [0.1, 0.15) is 0 Å². The molecule has 0 aliphatic rings. The summed E-state index contributed by atoms with van der Waals surface area (Å²) >= 11 is 5.82. The van der Waals surface area contributed by atoms with E-state index in [4.69, 9.17) is 11.6 Å². The number of rotatable bonds is 2. The minimum atomic E-state index is -0.556. The Kier molecular flexibility index (Phi) is 5.01. The summed E-state index contributed by atoms with van der Waals surface area (Å²) in [5.74, 6) is -0.385. The zero-order valence-electron chi connectivity index (χ0n) is 12.2. The van der Waals surface area contributed by atoms with Crippen LogP contribution in [0.3, 0.4) is 0 Å². The fourth-order valence-electron chi connectivity index (χ4n) is 1.80. The van der Waals surface area contributed by atoms with Crippen LogP contribution in [0.2, 0.25) is 5.02 Å². The van der Waals surface area contributed by atoms with Crippen LogP contribution in [0.25, 0.3) is 0 Å². The molecule has 0 saturated heterocycles. The minimum Gasteiger partial charge on any atom is -0.307 e. The Hall–Kier alpha value is -2.53. The number of anilines is 1. The van der Waals surface area contributed by atoms with E-state index < -0.39 is 6.03 Å². The number of nitrogens with one attached hydrogen (secondary N) is 3. The van der Waals surface area contributed by atoms with Crippen molar-refractivity contribution < 1.29 is 9.59 Å². The lowest BCUT2D eigenvalue weighted by Crippen LogP contribution is -2.43. The predicted octanol–water partition coefficient (Wildman–Crippen LogP) is 3.42. The number of carbonyl (C=O) groups excluding carboxylic acids is 2. The Balaban J connectivity index is 1.90. The standard InChI is InChI=1S/C16H16ClN3O2/c1-10-6-7-12(8-11(10)2)15(21)19-20-16(22)18-14-5-3-4-13(17)9-14/h3-9H,1-2H3,(H,19,21)(H2,18,20,22). The van der Waals surface area contributed by atoms with Gasteiger partial charge in [0.2, 0.25) is 0 Å². The van der Waals surface area contributed by atoms with Crippen LogP contribution >= 0.6 is 11.6 Å². The van der Waals surface area contributed by atoms with Crippen molar-refractivity contribution in [3.8, 4) is 0 Å². The molecule has 0 radical (unpaired) electrons. The van der Waals surface area contributed by atoms with Crippen LogP contribution in [0.15, 0.2) is 42.5 Å². The molecule has 0 bridgehead atoms. The highest BCUT2D eigenvalue weighted by Crippen LogP contribution is 2.14. The van der Waals surface area contributed by atoms with Gasteiger partial charge in [0.05, 0.1) is 0 Å². The van der Waals surface area contributed by atoms with Crippen molar-refractivity contribution in [2.75, 3.05) is 5.32 Å². The van der Waals surface area contributed by atoms with Crippen molar-refractivity contribution >= 4 is 29.2 Å². The molecule has 5 nitrogen and oxygen atoms in total. The topological polar surface area (TPSA) is 70.2 Å². The number of urea groups is 1. The average Bonchev–Trinajstić information content (AvgIpc) is 2.47. The fraction of sp³-hybridized carbons (Fsp3) is 0.125. The first kappa shape index (κ1) is 15.9. The predicted molar refractivity (Wildman–Crippen MR) is 87.0 cm³/mol. The van der Waals surface area contributed by atoms with E-state index in [1.54, 1.807) is 36.4 Å². The van der Waals surface area contributed by atoms with E-state index >= 15 is 0 Å². The number of hydrogen-bond acceptors (Lipinski definition) is 2. The summed E-state index contributed by atoms with van der Waals surface area (Å²) in [4.78, 5) is 23.6. The first-order chi connectivity index (χ1) is 10.5. The molecule has 0 spiro atoms. The maximum absolute atomic E-state index is 11.9. The molecule has 22 heavy (non-hydrogen) atoms. The van der Waals surface area contributed by atoms with Crippen molar-refractivity contribution in [1.82, 2.24) is 10.9 Å². The van der Waals surface area contributed by atoms with Gasteiger partial charge in [0, 0.05) is 16.3 Å². The van der Waals surface area contributed by atoms with Crippen LogP contribution in [-0.2, 0) is 0 Å². The zero-order valence-corrected chi connectivity index (χ0v) is 13.0. The number of halogens is 1. The maximum atomic E-state index is 11.9. The molecule has 0 aromatic heterocycles. The zero-order chi connectivity index (χ0) is 16.1. The molecule has 0 aliphatic heterocycles. The van der Waals surface area contributed by atoms with Crippen LogP contribution in [0.5, 0.6) is 0 Å². The van der Waals surface area contributed by atoms with Crippen LogP contribution < -0.4 is 16.2 Å². The molecule has 0 atom stereocenters. The SMILES string of the molecule is Cc1ccc(C(=O)NNC(=O)Nc2cccc(Cl)c2)cc1C. The van der Waals surface area contributed by atoms with E-state index in [-0.39, 0.29) is 5.91 Å². The third-order valence-electron chi connectivity index (χ3n) is 3.14. The molecule has 2 aromatic rings. The van der Waals surface area contributed by atoms with Gasteiger partial charge in [0.15, 0.2) is 0 Å². The third kappa shape index (κ3) is 4.23. The first-order valence-corrected chi connectivity index (χ1v) is 7.03.